The monoisotopic (exact) mass is 299 g/mol. The zero-order chi connectivity index (χ0) is 15.7. The molecule has 1 heterocycles. The molecule has 0 saturated carbocycles. The highest BCUT2D eigenvalue weighted by molar-refractivity contribution is 4.86. The topological polar surface area (TPSA) is 38.7 Å². The largest absolute Gasteiger partial charge is 0.394 e. The average molecular weight is 300 g/mol. The summed E-state index contributed by atoms with van der Waals surface area (Å²) in [6.07, 6.45) is 5.91. The number of nitrogens with one attached hydrogen (secondary N) is 1. The van der Waals surface area contributed by atoms with E-state index in [4.69, 9.17) is 0 Å². The SMILES string of the molecule is CCNC(CC)(CO)CCCN(C)CC1CCCN1CC. The van der Waals surface area contributed by atoms with Crippen molar-refractivity contribution in [2.24, 2.45) is 0 Å². The number of hydrogen-bond acceptors (Lipinski definition) is 4. The van der Waals surface area contributed by atoms with Crippen LogP contribution in [0.5, 0.6) is 0 Å². The molecule has 2 N–H and O–H groups in total. The fraction of sp³-hybridized carbons (Fsp3) is 1.00. The Morgan fingerprint density at radius 2 is 2.10 bits per heavy atom. The number of hydrogen-bond donors (Lipinski definition) is 2. The molecule has 0 radical (unpaired) electrons. The Hall–Kier alpha value is -0.160. The zero-order valence-corrected chi connectivity index (χ0v) is 14.7. The molecule has 4 heteroatoms. The normalized spacial score (nSPS) is 22.9. The number of aliphatic hydroxyl groups is 1. The van der Waals surface area contributed by atoms with Crippen LogP contribution in [0.2, 0.25) is 0 Å². The lowest BCUT2D eigenvalue weighted by Gasteiger charge is -2.33. The molecule has 0 amide bonds. The predicted octanol–water partition coefficient (Wildman–Crippen LogP) is 1.93. The molecule has 1 rings (SSSR count). The van der Waals surface area contributed by atoms with E-state index in [0.29, 0.717) is 0 Å². The van der Waals surface area contributed by atoms with E-state index in [1.54, 1.807) is 0 Å². The van der Waals surface area contributed by atoms with Crippen LogP contribution in [-0.2, 0) is 0 Å². The van der Waals surface area contributed by atoms with Gasteiger partial charge >= 0.3 is 0 Å². The van der Waals surface area contributed by atoms with E-state index in [-0.39, 0.29) is 12.1 Å². The standard InChI is InChI=1S/C17H37N3O/c1-5-17(15-21,18-6-2)11-9-12-19(4)14-16-10-8-13-20(16)7-3/h16,18,21H,5-15H2,1-4H3. The lowest BCUT2D eigenvalue weighted by atomic mass is 9.91. The molecule has 2 unspecified atom stereocenters. The van der Waals surface area contributed by atoms with E-state index in [0.717, 1.165) is 38.4 Å². The molecule has 0 aromatic carbocycles. The first-order valence-electron chi connectivity index (χ1n) is 8.89. The number of aliphatic hydroxyl groups excluding tert-OH is 1. The predicted molar refractivity (Wildman–Crippen MR) is 90.8 cm³/mol. The first-order valence-corrected chi connectivity index (χ1v) is 8.89. The van der Waals surface area contributed by atoms with E-state index < -0.39 is 0 Å². The van der Waals surface area contributed by atoms with Gasteiger partial charge in [-0.05, 0) is 65.3 Å². The van der Waals surface area contributed by atoms with Crippen LogP contribution in [-0.4, -0.2) is 72.9 Å². The number of likely N-dealkylation sites (N-methyl/N-ethyl adjacent to an activating group) is 3. The average Bonchev–Trinajstić information content (AvgIpc) is 2.93. The summed E-state index contributed by atoms with van der Waals surface area (Å²) in [5.41, 5.74) is -0.0710. The van der Waals surface area contributed by atoms with E-state index >= 15 is 0 Å². The van der Waals surface area contributed by atoms with Gasteiger partial charge in [0, 0.05) is 18.1 Å². The van der Waals surface area contributed by atoms with Gasteiger partial charge in [0.15, 0.2) is 0 Å². The highest BCUT2D eigenvalue weighted by Gasteiger charge is 2.26. The summed E-state index contributed by atoms with van der Waals surface area (Å²) in [6.45, 7) is 12.5. The maximum absolute atomic E-state index is 9.69. The number of likely N-dealkylation sites (tertiary alicyclic amines) is 1. The summed E-state index contributed by atoms with van der Waals surface area (Å²) in [4.78, 5) is 5.08. The molecule has 21 heavy (non-hydrogen) atoms. The van der Waals surface area contributed by atoms with E-state index in [1.165, 1.54) is 32.5 Å². The molecular weight excluding hydrogens is 262 g/mol. The molecule has 0 bridgehead atoms. The van der Waals surface area contributed by atoms with Gasteiger partial charge in [0.05, 0.1) is 6.61 Å². The van der Waals surface area contributed by atoms with Crippen LogP contribution in [0, 0.1) is 0 Å². The molecule has 0 aliphatic carbocycles. The fourth-order valence-electron chi connectivity index (χ4n) is 3.67. The minimum atomic E-state index is -0.0710. The third-order valence-corrected chi connectivity index (χ3v) is 5.15. The van der Waals surface area contributed by atoms with Crippen LogP contribution in [0.15, 0.2) is 0 Å². The molecule has 1 saturated heterocycles. The molecule has 0 spiro atoms. The minimum absolute atomic E-state index is 0.0710. The van der Waals surface area contributed by atoms with Crippen molar-refractivity contribution in [1.82, 2.24) is 15.1 Å². The summed E-state index contributed by atoms with van der Waals surface area (Å²) < 4.78 is 0. The van der Waals surface area contributed by atoms with Crippen molar-refractivity contribution in [2.45, 2.75) is 64.5 Å². The van der Waals surface area contributed by atoms with Gasteiger partial charge in [-0.1, -0.05) is 20.8 Å². The van der Waals surface area contributed by atoms with Crippen molar-refractivity contribution >= 4 is 0 Å². The number of rotatable bonds is 11. The molecule has 0 aromatic rings. The van der Waals surface area contributed by atoms with Crippen LogP contribution in [0.3, 0.4) is 0 Å². The van der Waals surface area contributed by atoms with Gasteiger partial charge < -0.3 is 15.3 Å². The third-order valence-electron chi connectivity index (χ3n) is 5.15. The molecule has 0 aromatic heterocycles. The molecule has 2 atom stereocenters. The van der Waals surface area contributed by atoms with Crippen LogP contribution in [0.25, 0.3) is 0 Å². The first-order chi connectivity index (χ1) is 10.1. The van der Waals surface area contributed by atoms with Gasteiger partial charge in [0.1, 0.15) is 0 Å². The van der Waals surface area contributed by atoms with Gasteiger partial charge in [-0.3, -0.25) is 4.90 Å². The summed E-state index contributed by atoms with van der Waals surface area (Å²) in [5, 5.41) is 13.2. The highest BCUT2D eigenvalue weighted by atomic mass is 16.3. The first kappa shape index (κ1) is 18.9. The summed E-state index contributed by atoms with van der Waals surface area (Å²) in [6, 6.07) is 0.752. The molecule has 1 aliphatic heterocycles. The van der Waals surface area contributed by atoms with E-state index in [9.17, 15) is 5.11 Å². The summed E-state index contributed by atoms with van der Waals surface area (Å²) in [7, 11) is 2.24. The molecule has 1 aliphatic rings. The van der Waals surface area contributed by atoms with E-state index in [2.05, 4.69) is 42.9 Å². The van der Waals surface area contributed by atoms with Crippen LogP contribution < -0.4 is 5.32 Å². The quantitative estimate of drug-likeness (QED) is 0.611. The van der Waals surface area contributed by atoms with Crippen LogP contribution in [0.1, 0.15) is 52.9 Å². The lowest BCUT2D eigenvalue weighted by molar-refractivity contribution is 0.138. The summed E-state index contributed by atoms with van der Waals surface area (Å²) in [5.74, 6) is 0. The second kappa shape index (κ2) is 9.78. The van der Waals surface area contributed by atoms with Crippen molar-refractivity contribution in [1.29, 1.82) is 0 Å². The molecule has 4 nitrogen and oxygen atoms in total. The fourth-order valence-corrected chi connectivity index (χ4v) is 3.67. The Bertz CT molecular complexity index is 269. The second-order valence-electron chi connectivity index (χ2n) is 6.61. The third kappa shape index (κ3) is 5.85. The highest BCUT2D eigenvalue weighted by Crippen LogP contribution is 2.19. The summed E-state index contributed by atoms with van der Waals surface area (Å²) >= 11 is 0. The van der Waals surface area contributed by atoms with Crippen molar-refractivity contribution in [2.75, 3.05) is 46.4 Å². The van der Waals surface area contributed by atoms with Crippen molar-refractivity contribution < 1.29 is 5.11 Å². The lowest BCUT2D eigenvalue weighted by Crippen LogP contribution is -2.48. The Kier molecular flexibility index (Phi) is 8.79. The van der Waals surface area contributed by atoms with Crippen LogP contribution >= 0.6 is 0 Å². The second-order valence-corrected chi connectivity index (χ2v) is 6.61. The zero-order valence-electron chi connectivity index (χ0n) is 14.7. The van der Waals surface area contributed by atoms with Gasteiger partial charge in [-0.2, -0.15) is 0 Å². The van der Waals surface area contributed by atoms with E-state index in [1.807, 2.05) is 0 Å². The Morgan fingerprint density at radius 3 is 2.67 bits per heavy atom. The van der Waals surface area contributed by atoms with Gasteiger partial charge in [-0.25, -0.2) is 0 Å². The smallest absolute Gasteiger partial charge is 0.0613 e. The van der Waals surface area contributed by atoms with Gasteiger partial charge in [0.2, 0.25) is 0 Å². The molecule has 1 fully saturated rings. The van der Waals surface area contributed by atoms with Crippen molar-refractivity contribution in [3.63, 3.8) is 0 Å². The van der Waals surface area contributed by atoms with Crippen LogP contribution in [0.4, 0.5) is 0 Å². The number of nitrogens with zero attached hydrogens (tertiary/aromatic N) is 2. The minimum Gasteiger partial charge on any atom is -0.394 e. The maximum Gasteiger partial charge on any atom is 0.0613 e. The Balaban J connectivity index is 2.30. The Labute approximate surface area is 131 Å². The van der Waals surface area contributed by atoms with Gasteiger partial charge in [0.25, 0.3) is 0 Å². The van der Waals surface area contributed by atoms with Gasteiger partial charge in [-0.15, -0.1) is 0 Å². The molecule has 126 valence electrons. The van der Waals surface area contributed by atoms with Crippen molar-refractivity contribution in [3.8, 4) is 0 Å². The Morgan fingerprint density at radius 1 is 1.33 bits per heavy atom. The molecular formula is C17H37N3O. The van der Waals surface area contributed by atoms with Crippen molar-refractivity contribution in [3.05, 3.63) is 0 Å². The maximum atomic E-state index is 9.69.